The van der Waals surface area contributed by atoms with Gasteiger partial charge >= 0.3 is 0 Å². The number of thioether (sulfide) groups is 1. The first-order valence-corrected chi connectivity index (χ1v) is 12.9. The number of nitrogens with one attached hydrogen (secondary N) is 1. The summed E-state index contributed by atoms with van der Waals surface area (Å²) >= 11 is 2.50. The predicted molar refractivity (Wildman–Crippen MR) is 129 cm³/mol. The number of imidazole rings is 1. The molecule has 12 nitrogen and oxygen atoms in total. The molecule has 186 valence electrons. The van der Waals surface area contributed by atoms with Crippen LogP contribution in [0.2, 0.25) is 0 Å². The average molecular weight is 528 g/mol. The molecule has 3 N–H and O–H groups in total. The van der Waals surface area contributed by atoms with Crippen molar-refractivity contribution >= 4 is 57.2 Å². The van der Waals surface area contributed by atoms with Crippen molar-refractivity contribution in [1.82, 2.24) is 19.6 Å². The first kappa shape index (κ1) is 23.8. The molecule has 2 amide bonds. The molecular formula is C22H21N7O5S2. The van der Waals surface area contributed by atoms with E-state index >= 15 is 0 Å². The van der Waals surface area contributed by atoms with Crippen LogP contribution in [0.3, 0.4) is 0 Å². The summed E-state index contributed by atoms with van der Waals surface area (Å²) in [5.41, 5.74) is 7.11. The van der Waals surface area contributed by atoms with Crippen LogP contribution in [0.15, 0.2) is 58.7 Å². The Morgan fingerprint density at radius 2 is 2.25 bits per heavy atom. The molecule has 1 fully saturated rings. The highest BCUT2D eigenvalue weighted by molar-refractivity contribution is 8.00. The van der Waals surface area contributed by atoms with Gasteiger partial charge in [0.2, 0.25) is 6.33 Å². The number of fused-ring (bicyclic) bond motifs is 2. The van der Waals surface area contributed by atoms with Crippen molar-refractivity contribution in [2.45, 2.75) is 24.9 Å². The fourth-order valence-electron chi connectivity index (χ4n) is 4.09. The van der Waals surface area contributed by atoms with E-state index in [0.29, 0.717) is 11.3 Å². The van der Waals surface area contributed by atoms with Gasteiger partial charge in [0, 0.05) is 16.7 Å². The van der Waals surface area contributed by atoms with E-state index in [-0.39, 0.29) is 35.4 Å². The molecule has 2 aliphatic rings. The van der Waals surface area contributed by atoms with Gasteiger partial charge in [-0.05, 0) is 19.1 Å². The van der Waals surface area contributed by atoms with Crippen LogP contribution in [0.25, 0.3) is 5.52 Å². The number of aliphatic carboxylic acids is 1. The van der Waals surface area contributed by atoms with Crippen LogP contribution >= 0.6 is 23.1 Å². The minimum absolute atomic E-state index is 0.120. The smallest absolute Gasteiger partial charge is 0.276 e. The van der Waals surface area contributed by atoms with Crippen molar-refractivity contribution in [3.05, 3.63) is 59.3 Å². The second-order valence-corrected chi connectivity index (χ2v) is 9.97. The number of anilines is 1. The Hall–Kier alpha value is -3.91. The van der Waals surface area contributed by atoms with E-state index in [0.717, 1.165) is 16.9 Å². The van der Waals surface area contributed by atoms with Gasteiger partial charge in [0.05, 0.1) is 17.9 Å². The molecule has 2 aliphatic heterocycles. The van der Waals surface area contributed by atoms with Gasteiger partial charge in [0.1, 0.15) is 36.5 Å². The Bertz CT molecular complexity index is 1400. The Kier molecular flexibility index (Phi) is 6.36. The highest BCUT2D eigenvalue weighted by Crippen LogP contribution is 2.40. The van der Waals surface area contributed by atoms with Crippen molar-refractivity contribution < 1.29 is 28.9 Å². The van der Waals surface area contributed by atoms with E-state index in [9.17, 15) is 19.5 Å². The number of carbonyl (C=O) groups is 3. The number of rotatable bonds is 8. The summed E-state index contributed by atoms with van der Waals surface area (Å²) in [5, 5.41) is 19.8. The molecule has 0 aliphatic carbocycles. The fourth-order valence-corrected chi connectivity index (χ4v) is 5.97. The zero-order valence-electron chi connectivity index (χ0n) is 19.0. The molecule has 0 bridgehead atoms. The van der Waals surface area contributed by atoms with Crippen molar-refractivity contribution in [2.24, 2.45) is 5.16 Å². The number of β-lactam (4-membered cyclic amide) rings is 1. The van der Waals surface area contributed by atoms with Gasteiger partial charge in [0.15, 0.2) is 16.4 Å². The second kappa shape index (κ2) is 9.62. The van der Waals surface area contributed by atoms with Crippen molar-refractivity contribution in [2.75, 3.05) is 18.1 Å². The number of carboxylic acids is 1. The molecule has 3 aromatic heterocycles. The molecule has 3 aromatic rings. The number of carbonyl (C=O) groups excluding carboxylic acids is 3. The van der Waals surface area contributed by atoms with Gasteiger partial charge in [-0.2, -0.15) is 0 Å². The van der Waals surface area contributed by atoms with E-state index in [4.69, 9.17) is 10.6 Å². The highest BCUT2D eigenvalue weighted by Gasteiger charge is 2.53. The lowest BCUT2D eigenvalue weighted by Crippen LogP contribution is -2.71. The average Bonchev–Trinajstić information content (AvgIpc) is 3.47. The van der Waals surface area contributed by atoms with Gasteiger partial charge in [-0.3, -0.25) is 14.5 Å². The number of thiazole rings is 1. The normalized spacial score (nSPS) is 19.8. The summed E-state index contributed by atoms with van der Waals surface area (Å²) in [6.07, 6.45) is 5.63. The minimum Gasteiger partial charge on any atom is -0.543 e. The standard InChI is InChI=1S/C22H21N7O5S2/c1-2-34-26-15(14-10-36-22(23)24-14)18(30)25-16-19(31)29-17(21(32)33)12(9-35-20(16)29)7-27-8-13-5-3-4-6-28(13)11-27/h3-6,8,10-11,16,20H,2,7,9H2,1H3,(H3-,23,24,25,30,32,33)/b26-15-/t16-,20+/m1/s1. The first-order chi connectivity index (χ1) is 17.4. The van der Waals surface area contributed by atoms with Crippen LogP contribution in [0.1, 0.15) is 12.6 Å². The van der Waals surface area contributed by atoms with E-state index in [1.165, 1.54) is 16.7 Å². The maximum atomic E-state index is 13.0. The molecule has 0 saturated carbocycles. The van der Waals surface area contributed by atoms with Gasteiger partial charge in [-0.1, -0.05) is 11.2 Å². The van der Waals surface area contributed by atoms with Crippen molar-refractivity contribution in [3.63, 3.8) is 0 Å². The Morgan fingerprint density at radius 3 is 2.94 bits per heavy atom. The second-order valence-electron chi connectivity index (χ2n) is 7.98. The third-order valence-corrected chi connectivity index (χ3v) is 7.67. The molecular weight excluding hydrogens is 506 g/mol. The lowest BCUT2D eigenvalue weighted by atomic mass is 10.0. The Balaban J connectivity index is 1.35. The van der Waals surface area contributed by atoms with E-state index in [1.807, 2.05) is 45.9 Å². The van der Waals surface area contributed by atoms with Crippen LogP contribution in [0.5, 0.6) is 0 Å². The molecule has 36 heavy (non-hydrogen) atoms. The number of pyridine rings is 1. The third-order valence-electron chi connectivity index (χ3n) is 5.66. The minimum atomic E-state index is -1.44. The summed E-state index contributed by atoms with van der Waals surface area (Å²) in [6, 6.07) is 4.80. The van der Waals surface area contributed by atoms with Gasteiger partial charge in [-0.25, -0.2) is 14.0 Å². The summed E-state index contributed by atoms with van der Waals surface area (Å²) in [5.74, 6) is -2.30. The maximum Gasteiger partial charge on any atom is 0.276 e. The SMILES string of the molecule is CCO/N=C(\C(=O)N[C@@H]1C(=O)N2C(C(=O)[O-])=C(C[n+]3cc4ccccn4c3)CS[C@@H]12)c1csc(N)n1. The van der Waals surface area contributed by atoms with Crippen LogP contribution in [-0.4, -0.2) is 61.6 Å². The number of oxime groups is 1. The van der Waals surface area contributed by atoms with Crippen molar-refractivity contribution in [3.8, 4) is 0 Å². The first-order valence-electron chi connectivity index (χ1n) is 10.9. The van der Waals surface area contributed by atoms with E-state index < -0.39 is 29.2 Å². The predicted octanol–water partition coefficient (Wildman–Crippen LogP) is -0.890. The lowest BCUT2D eigenvalue weighted by Gasteiger charge is -2.50. The van der Waals surface area contributed by atoms with Gasteiger partial charge in [0.25, 0.3) is 11.8 Å². The van der Waals surface area contributed by atoms with E-state index in [1.54, 1.807) is 12.3 Å². The summed E-state index contributed by atoms with van der Waals surface area (Å²) in [7, 11) is 0. The number of aromatic nitrogens is 3. The molecule has 5 rings (SSSR count). The molecule has 14 heteroatoms. The Labute approximate surface area is 213 Å². The van der Waals surface area contributed by atoms with Crippen molar-refractivity contribution in [1.29, 1.82) is 0 Å². The van der Waals surface area contributed by atoms with E-state index in [2.05, 4.69) is 15.5 Å². The molecule has 1 saturated heterocycles. The monoisotopic (exact) mass is 527 g/mol. The topological polar surface area (TPSA) is 158 Å². The number of nitrogens with zero attached hydrogens (tertiary/aromatic N) is 5. The fraction of sp³-hybridized carbons (Fsp3) is 0.273. The Morgan fingerprint density at radius 1 is 1.42 bits per heavy atom. The molecule has 2 atom stereocenters. The maximum absolute atomic E-state index is 13.0. The number of nitrogen functional groups attached to an aromatic ring is 1. The lowest BCUT2D eigenvalue weighted by molar-refractivity contribution is -0.687. The number of amides is 2. The van der Waals surface area contributed by atoms with Crippen LogP contribution < -0.4 is 20.7 Å². The summed E-state index contributed by atoms with van der Waals surface area (Å²) in [4.78, 5) is 48.3. The molecule has 0 spiro atoms. The quantitative estimate of drug-likeness (QED) is 0.165. The number of hydrogen-bond donors (Lipinski definition) is 2. The molecule has 0 unspecified atom stereocenters. The summed E-state index contributed by atoms with van der Waals surface area (Å²) < 4.78 is 3.77. The number of nitrogens with two attached hydrogens (primary N) is 1. The number of carboxylic acid groups (broad SMARTS) is 1. The van der Waals surface area contributed by atoms with Crippen LogP contribution in [0, 0.1) is 0 Å². The van der Waals surface area contributed by atoms with Gasteiger partial charge < -0.3 is 25.8 Å². The summed E-state index contributed by atoms with van der Waals surface area (Å²) in [6.45, 7) is 2.21. The zero-order chi connectivity index (χ0) is 25.4. The zero-order valence-corrected chi connectivity index (χ0v) is 20.6. The molecule has 0 aromatic carbocycles. The third kappa shape index (κ3) is 4.28. The largest absolute Gasteiger partial charge is 0.543 e. The van der Waals surface area contributed by atoms with Crippen LogP contribution in [0.4, 0.5) is 5.13 Å². The van der Waals surface area contributed by atoms with Gasteiger partial charge in [-0.15, -0.1) is 23.1 Å². The molecule has 5 heterocycles. The highest BCUT2D eigenvalue weighted by atomic mass is 32.2. The van der Waals surface area contributed by atoms with Crippen LogP contribution in [-0.2, 0) is 25.8 Å². The number of hydrogen-bond acceptors (Lipinski definition) is 10. The molecule has 0 radical (unpaired) electrons.